The van der Waals surface area contributed by atoms with E-state index >= 15 is 0 Å². The van der Waals surface area contributed by atoms with Crippen LogP contribution in [0.1, 0.15) is 28.3 Å². The standard InChI is InChI=1S/C16H18IN/c1-11-8-9-12(2)14(10-11)16(18-3)13-6-4-5-7-15(13)17/h4-10,16,18H,1-3H3. The Bertz CT molecular complexity index is 549. The van der Waals surface area contributed by atoms with Crippen molar-refractivity contribution in [2.75, 3.05) is 7.05 Å². The number of hydrogen-bond acceptors (Lipinski definition) is 1. The molecular formula is C16H18IN. The molecule has 0 aliphatic heterocycles. The highest BCUT2D eigenvalue weighted by atomic mass is 127. The number of benzene rings is 2. The molecule has 1 atom stereocenters. The first kappa shape index (κ1) is 13.6. The zero-order valence-electron chi connectivity index (χ0n) is 11.0. The Morgan fingerprint density at radius 2 is 1.72 bits per heavy atom. The van der Waals surface area contributed by atoms with Crippen molar-refractivity contribution in [3.05, 3.63) is 68.3 Å². The molecule has 1 nitrogen and oxygen atoms in total. The van der Waals surface area contributed by atoms with Crippen molar-refractivity contribution >= 4 is 22.6 Å². The van der Waals surface area contributed by atoms with Crippen LogP contribution in [0.25, 0.3) is 0 Å². The molecule has 0 heterocycles. The molecule has 0 amide bonds. The number of aryl methyl sites for hydroxylation is 2. The van der Waals surface area contributed by atoms with Gasteiger partial charge in [0.05, 0.1) is 6.04 Å². The van der Waals surface area contributed by atoms with E-state index in [4.69, 9.17) is 0 Å². The summed E-state index contributed by atoms with van der Waals surface area (Å²) in [5, 5.41) is 3.44. The summed E-state index contributed by atoms with van der Waals surface area (Å²) >= 11 is 2.41. The van der Waals surface area contributed by atoms with Crippen molar-refractivity contribution in [2.24, 2.45) is 0 Å². The van der Waals surface area contributed by atoms with Crippen LogP contribution in [0.5, 0.6) is 0 Å². The normalized spacial score (nSPS) is 12.4. The van der Waals surface area contributed by atoms with Gasteiger partial charge in [0.15, 0.2) is 0 Å². The van der Waals surface area contributed by atoms with E-state index in [1.54, 1.807) is 0 Å². The van der Waals surface area contributed by atoms with Gasteiger partial charge >= 0.3 is 0 Å². The van der Waals surface area contributed by atoms with E-state index in [-0.39, 0.29) is 6.04 Å². The molecule has 0 saturated heterocycles. The smallest absolute Gasteiger partial charge is 0.0587 e. The van der Waals surface area contributed by atoms with Gasteiger partial charge in [-0.2, -0.15) is 0 Å². The van der Waals surface area contributed by atoms with Crippen LogP contribution in [0.3, 0.4) is 0 Å². The minimum Gasteiger partial charge on any atom is -0.309 e. The number of halogens is 1. The molecule has 0 radical (unpaired) electrons. The Morgan fingerprint density at radius 3 is 2.39 bits per heavy atom. The van der Waals surface area contributed by atoms with E-state index in [0.717, 1.165) is 0 Å². The molecule has 94 valence electrons. The lowest BCUT2D eigenvalue weighted by Gasteiger charge is -2.21. The Hall–Kier alpha value is -0.870. The van der Waals surface area contributed by atoms with E-state index in [0.29, 0.717) is 0 Å². The average molecular weight is 351 g/mol. The van der Waals surface area contributed by atoms with Gasteiger partial charge in [-0.25, -0.2) is 0 Å². The monoisotopic (exact) mass is 351 g/mol. The maximum Gasteiger partial charge on any atom is 0.0587 e. The highest BCUT2D eigenvalue weighted by molar-refractivity contribution is 14.1. The second-order valence-corrected chi connectivity index (χ2v) is 5.77. The van der Waals surface area contributed by atoms with Crippen LogP contribution in [-0.2, 0) is 0 Å². The van der Waals surface area contributed by atoms with Gasteiger partial charge in [0.2, 0.25) is 0 Å². The highest BCUT2D eigenvalue weighted by Gasteiger charge is 2.16. The lowest BCUT2D eigenvalue weighted by atomic mass is 9.94. The molecule has 0 saturated carbocycles. The summed E-state index contributed by atoms with van der Waals surface area (Å²) < 4.78 is 1.30. The SMILES string of the molecule is CNC(c1cc(C)ccc1C)c1ccccc1I. The van der Waals surface area contributed by atoms with Crippen LogP contribution < -0.4 is 5.32 Å². The molecule has 2 aromatic carbocycles. The largest absolute Gasteiger partial charge is 0.309 e. The summed E-state index contributed by atoms with van der Waals surface area (Å²) in [5.41, 5.74) is 5.34. The molecule has 1 unspecified atom stereocenters. The van der Waals surface area contributed by atoms with Crippen LogP contribution in [0.4, 0.5) is 0 Å². The third kappa shape index (κ3) is 2.75. The van der Waals surface area contributed by atoms with Crippen LogP contribution in [0.2, 0.25) is 0 Å². The quantitative estimate of drug-likeness (QED) is 0.817. The Kier molecular flexibility index (Phi) is 4.40. The second-order valence-electron chi connectivity index (χ2n) is 4.60. The van der Waals surface area contributed by atoms with Crippen molar-refractivity contribution < 1.29 is 0 Å². The summed E-state index contributed by atoms with van der Waals surface area (Å²) in [7, 11) is 2.02. The van der Waals surface area contributed by atoms with Crippen molar-refractivity contribution in [1.29, 1.82) is 0 Å². The first-order valence-corrected chi connectivity index (χ1v) is 7.20. The van der Waals surface area contributed by atoms with Gasteiger partial charge in [-0.1, -0.05) is 42.0 Å². The predicted octanol–water partition coefficient (Wildman–Crippen LogP) is 4.22. The molecule has 18 heavy (non-hydrogen) atoms. The third-order valence-corrected chi connectivity index (χ3v) is 4.23. The summed E-state index contributed by atoms with van der Waals surface area (Å²) in [5.74, 6) is 0. The molecule has 0 aliphatic rings. The Balaban J connectivity index is 2.52. The van der Waals surface area contributed by atoms with Crippen molar-refractivity contribution in [3.8, 4) is 0 Å². The van der Waals surface area contributed by atoms with E-state index in [1.807, 2.05) is 7.05 Å². The molecule has 0 spiro atoms. The molecule has 0 fully saturated rings. The minimum absolute atomic E-state index is 0.262. The summed E-state index contributed by atoms with van der Waals surface area (Å²) in [6.07, 6.45) is 0. The van der Waals surface area contributed by atoms with Crippen molar-refractivity contribution in [1.82, 2.24) is 5.32 Å². The van der Waals surface area contributed by atoms with E-state index in [9.17, 15) is 0 Å². The van der Waals surface area contributed by atoms with Crippen LogP contribution in [0.15, 0.2) is 42.5 Å². The lowest BCUT2D eigenvalue weighted by Crippen LogP contribution is -2.19. The fourth-order valence-electron chi connectivity index (χ4n) is 2.26. The van der Waals surface area contributed by atoms with Crippen molar-refractivity contribution in [2.45, 2.75) is 19.9 Å². The zero-order valence-corrected chi connectivity index (χ0v) is 13.2. The van der Waals surface area contributed by atoms with Gasteiger partial charge in [-0.15, -0.1) is 0 Å². The predicted molar refractivity (Wildman–Crippen MR) is 86.0 cm³/mol. The summed E-state index contributed by atoms with van der Waals surface area (Å²) in [4.78, 5) is 0. The molecule has 1 N–H and O–H groups in total. The minimum atomic E-state index is 0.262. The van der Waals surface area contributed by atoms with Gasteiger partial charge in [0.1, 0.15) is 0 Å². The maximum absolute atomic E-state index is 3.44. The summed E-state index contributed by atoms with van der Waals surface area (Å²) in [6, 6.07) is 15.5. The maximum atomic E-state index is 3.44. The first-order valence-electron chi connectivity index (χ1n) is 6.12. The highest BCUT2D eigenvalue weighted by Crippen LogP contribution is 2.28. The molecule has 0 aliphatic carbocycles. The molecule has 0 bridgehead atoms. The third-order valence-electron chi connectivity index (χ3n) is 3.25. The number of hydrogen-bond donors (Lipinski definition) is 1. The zero-order chi connectivity index (χ0) is 13.1. The van der Waals surface area contributed by atoms with Crippen LogP contribution in [-0.4, -0.2) is 7.05 Å². The van der Waals surface area contributed by atoms with Gasteiger partial charge in [0.25, 0.3) is 0 Å². The summed E-state index contributed by atoms with van der Waals surface area (Å²) in [6.45, 7) is 4.32. The fraction of sp³-hybridized carbons (Fsp3) is 0.250. The molecule has 2 rings (SSSR count). The van der Waals surface area contributed by atoms with Gasteiger partial charge in [-0.05, 0) is 66.2 Å². The molecular weight excluding hydrogens is 333 g/mol. The first-order chi connectivity index (χ1) is 8.63. The van der Waals surface area contributed by atoms with Gasteiger partial charge in [-0.3, -0.25) is 0 Å². The topological polar surface area (TPSA) is 12.0 Å². The molecule has 2 aromatic rings. The van der Waals surface area contributed by atoms with Crippen LogP contribution >= 0.6 is 22.6 Å². The Labute approximate surface area is 123 Å². The number of rotatable bonds is 3. The van der Waals surface area contributed by atoms with Crippen LogP contribution in [0, 0.1) is 17.4 Å². The van der Waals surface area contributed by atoms with E-state index in [2.05, 4.69) is 84.2 Å². The molecule has 0 aromatic heterocycles. The lowest BCUT2D eigenvalue weighted by molar-refractivity contribution is 0.684. The van der Waals surface area contributed by atoms with Gasteiger partial charge in [0, 0.05) is 3.57 Å². The number of nitrogens with one attached hydrogen (secondary N) is 1. The van der Waals surface area contributed by atoms with Crippen molar-refractivity contribution in [3.63, 3.8) is 0 Å². The molecule has 2 heteroatoms. The van der Waals surface area contributed by atoms with Gasteiger partial charge < -0.3 is 5.32 Å². The average Bonchev–Trinajstić information content (AvgIpc) is 2.36. The Morgan fingerprint density at radius 1 is 1.00 bits per heavy atom. The fourth-order valence-corrected chi connectivity index (χ4v) is 2.96. The van der Waals surface area contributed by atoms with E-state index < -0.39 is 0 Å². The van der Waals surface area contributed by atoms with E-state index in [1.165, 1.54) is 25.8 Å². The second kappa shape index (κ2) is 5.85.